The SMILES string of the molecule is C[N+]1(CCNc2nn3ccccc3c2[N+](=O)[O-])CCNCC1. The van der Waals surface area contributed by atoms with Crippen LogP contribution in [0.4, 0.5) is 11.5 Å². The lowest BCUT2D eigenvalue weighted by Gasteiger charge is -2.38. The zero-order valence-corrected chi connectivity index (χ0v) is 12.7. The first kappa shape index (κ1) is 14.7. The number of nitrogens with zero attached hydrogens (tertiary/aromatic N) is 4. The Morgan fingerprint density at radius 1 is 1.45 bits per heavy atom. The number of nitro groups is 1. The molecule has 1 fully saturated rings. The monoisotopic (exact) mass is 305 g/mol. The van der Waals surface area contributed by atoms with Gasteiger partial charge in [0.05, 0.1) is 38.2 Å². The third kappa shape index (κ3) is 2.88. The van der Waals surface area contributed by atoms with Gasteiger partial charge in [0, 0.05) is 19.3 Å². The van der Waals surface area contributed by atoms with Gasteiger partial charge in [0.1, 0.15) is 5.52 Å². The molecule has 1 aliphatic heterocycles. The standard InChI is InChI=1S/C14H21N6O2/c1-20(9-5-15-6-10-20)11-7-16-14-13(19(21)22)12-4-2-3-8-18(12)17-14/h2-4,8,15H,5-7,9-11H2,1H3,(H,16,17)/q+1. The van der Waals surface area contributed by atoms with Crippen LogP contribution in [0, 0.1) is 10.1 Å². The normalized spacial score (nSPS) is 17.5. The Bertz CT molecular complexity index is 677. The Balaban J connectivity index is 1.73. The first-order valence-corrected chi connectivity index (χ1v) is 7.49. The van der Waals surface area contributed by atoms with Crippen LogP contribution in [0.25, 0.3) is 5.52 Å². The Hall–Kier alpha value is -2.19. The molecule has 0 atom stereocenters. The van der Waals surface area contributed by atoms with E-state index in [9.17, 15) is 10.1 Å². The Kier molecular flexibility index (Phi) is 3.95. The molecule has 3 heterocycles. The molecule has 1 saturated heterocycles. The number of aromatic nitrogens is 2. The second-order valence-corrected chi connectivity index (χ2v) is 5.95. The minimum Gasteiger partial charge on any atom is -0.357 e. The van der Waals surface area contributed by atoms with Gasteiger partial charge >= 0.3 is 5.69 Å². The van der Waals surface area contributed by atoms with Crippen molar-refractivity contribution in [1.29, 1.82) is 0 Å². The van der Waals surface area contributed by atoms with Crippen molar-refractivity contribution in [1.82, 2.24) is 14.9 Å². The summed E-state index contributed by atoms with van der Waals surface area (Å²) < 4.78 is 2.52. The van der Waals surface area contributed by atoms with Crippen molar-refractivity contribution in [3.63, 3.8) is 0 Å². The van der Waals surface area contributed by atoms with Crippen molar-refractivity contribution in [2.45, 2.75) is 0 Å². The average molecular weight is 305 g/mol. The largest absolute Gasteiger partial charge is 0.357 e. The van der Waals surface area contributed by atoms with Crippen LogP contribution in [0.15, 0.2) is 24.4 Å². The molecular weight excluding hydrogens is 284 g/mol. The van der Waals surface area contributed by atoms with Gasteiger partial charge in [-0.05, 0) is 12.1 Å². The summed E-state index contributed by atoms with van der Waals surface area (Å²) in [6.07, 6.45) is 1.72. The summed E-state index contributed by atoms with van der Waals surface area (Å²) in [5.41, 5.74) is 0.557. The molecule has 0 aromatic carbocycles. The fourth-order valence-electron chi connectivity index (χ4n) is 2.89. The molecule has 0 saturated carbocycles. The molecule has 2 aromatic heterocycles. The second kappa shape index (κ2) is 5.90. The van der Waals surface area contributed by atoms with E-state index in [1.165, 1.54) is 0 Å². The maximum absolute atomic E-state index is 11.3. The Morgan fingerprint density at radius 2 is 2.23 bits per heavy atom. The lowest BCUT2D eigenvalue weighted by molar-refractivity contribution is -0.909. The maximum atomic E-state index is 11.3. The average Bonchev–Trinajstić information content (AvgIpc) is 2.86. The molecule has 3 rings (SSSR count). The van der Waals surface area contributed by atoms with Crippen molar-refractivity contribution in [2.75, 3.05) is 51.6 Å². The molecule has 0 unspecified atom stereocenters. The topological polar surface area (TPSA) is 84.5 Å². The second-order valence-electron chi connectivity index (χ2n) is 5.95. The molecule has 2 aromatic rings. The van der Waals surface area contributed by atoms with Crippen LogP contribution in [0.1, 0.15) is 0 Å². The first-order valence-electron chi connectivity index (χ1n) is 7.49. The van der Waals surface area contributed by atoms with Gasteiger partial charge in [-0.3, -0.25) is 10.1 Å². The van der Waals surface area contributed by atoms with Gasteiger partial charge in [-0.25, -0.2) is 4.52 Å². The van der Waals surface area contributed by atoms with Crippen LogP contribution >= 0.6 is 0 Å². The van der Waals surface area contributed by atoms with Crippen LogP contribution in [0.5, 0.6) is 0 Å². The van der Waals surface area contributed by atoms with E-state index in [-0.39, 0.29) is 10.6 Å². The van der Waals surface area contributed by atoms with E-state index >= 15 is 0 Å². The van der Waals surface area contributed by atoms with Crippen molar-refractivity contribution in [3.8, 4) is 0 Å². The Labute approximate surface area is 128 Å². The van der Waals surface area contributed by atoms with E-state index < -0.39 is 0 Å². The minimum atomic E-state index is -0.369. The first-order chi connectivity index (χ1) is 10.6. The molecule has 0 bridgehead atoms. The lowest BCUT2D eigenvalue weighted by Crippen LogP contribution is -2.57. The number of nitrogens with one attached hydrogen (secondary N) is 2. The highest BCUT2D eigenvalue weighted by atomic mass is 16.6. The van der Waals surface area contributed by atoms with Gasteiger partial charge in [-0.15, -0.1) is 5.10 Å². The number of piperazine rings is 1. The molecule has 0 amide bonds. The molecule has 1 aliphatic rings. The van der Waals surface area contributed by atoms with Crippen molar-refractivity contribution >= 4 is 17.0 Å². The number of pyridine rings is 1. The molecule has 8 nitrogen and oxygen atoms in total. The number of fused-ring (bicyclic) bond motifs is 1. The zero-order chi connectivity index (χ0) is 15.6. The van der Waals surface area contributed by atoms with E-state index in [1.807, 2.05) is 0 Å². The van der Waals surface area contributed by atoms with Crippen LogP contribution in [-0.4, -0.2) is 65.3 Å². The fourth-order valence-corrected chi connectivity index (χ4v) is 2.89. The minimum absolute atomic E-state index is 0.0450. The number of hydrogen-bond donors (Lipinski definition) is 2. The van der Waals surface area contributed by atoms with Gasteiger partial charge in [-0.2, -0.15) is 0 Å². The van der Waals surface area contributed by atoms with Gasteiger partial charge in [0.15, 0.2) is 0 Å². The summed E-state index contributed by atoms with van der Waals surface area (Å²) in [5, 5.41) is 22.1. The van der Waals surface area contributed by atoms with Crippen LogP contribution in [0.2, 0.25) is 0 Å². The molecule has 0 radical (unpaired) electrons. The number of hydrogen-bond acceptors (Lipinski definition) is 5. The molecule has 0 spiro atoms. The third-order valence-electron chi connectivity index (χ3n) is 4.30. The fraction of sp³-hybridized carbons (Fsp3) is 0.500. The molecule has 2 N–H and O–H groups in total. The van der Waals surface area contributed by atoms with Gasteiger partial charge in [0.2, 0.25) is 5.82 Å². The molecule has 22 heavy (non-hydrogen) atoms. The third-order valence-corrected chi connectivity index (χ3v) is 4.30. The highest BCUT2D eigenvalue weighted by molar-refractivity contribution is 5.76. The summed E-state index contributed by atoms with van der Waals surface area (Å²) in [6, 6.07) is 5.29. The predicted octanol–water partition coefficient (Wildman–Crippen LogP) is 0.704. The van der Waals surface area contributed by atoms with E-state index in [0.29, 0.717) is 17.9 Å². The Morgan fingerprint density at radius 3 is 2.95 bits per heavy atom. The van der Waals surface area contributed by atoms with Gasteiger partial charge in [0.25, 0.3) is 0 Å². The number of quaternary nitrogens is 1. The summed E-state index contributed by atoms with van der Waals surface area (Å²) in [5.74, 6) is 0.345. The van der Waals surface area contributed by atoms with Crippen LogP contribution in [0.3, 0.4) is 0 Å². The summed E-state index contributed by atoms with van der Waals surface area (Å²) >= 11 is 0. The predicted molar refractivity (Wildman–Crippen MR) is 84.0 cm³/mol. The molecule has 118 valence electrons. The van der Waals surface area contributed by atoms with Crippen molar-refractivity contribution in [2.24, 2.45) is 0 Å². The van der Waals surface area contributed by atoms with Crippen molar-refractivity contribution in [3.05, 3.63) is 34.5 Å². The zero-order valence-electron chi connectivity index (χ0n) is 12.7. The van der Waals surface area contributed by atoms with Crippen molar-refractivity contribution < 1.29 is 9.41 Å². The van der Waals surface area contributed by atoms with Crippen LogP contribution < -0.4 is 10.6 Å². The quantitative estimate of drug-likeness (QED) is 0.483. The van der Waals surface area contributed by atoms with Gasteiger partial charge in [-0.1, -0.05) is 6.07 Å². The summed E-state index contributed by atoms with van der Waals surface area (Å²) in [7, 11) is 2.22. The molecule has 0 aliphatic carbocycles. The number of anilines is 1. The van der Waals surface area contributed by atoms with E-state index in [2.05, 4.69) is 22.8 Å². The summed E-state index contributed by atoms with van der Waals surface area (Å²) in [6.45, 7) is 5.79. The highest BCUT2D eigenvalue weighted by Gasteiger charge is 2.26. The smallest absolute Gasteiger partial charge is 0.338 e. The highest BCUT2D eigenvalue weighted by Crippen LogP contribution is 2.28. The maximum Gasteiger partial charge on any atom is 0.338 e. The van der Waals surface area contributed by atoms with Crippen LogP contribution in [-0.2, 0) is 0 Å². The number of likely N-dealkylation sites (N-methyl/N-ethyl adjacent to an activating group) is 1. The summed E-state index contributed by atoms with van der Waals surface area (Å²) in [4.78, 5) is 11.0. The van der Waals surface area contributed by atoms with E-state index in [4.69, 9.17) is 0 Å². The molecule has 8 heteroatoms. The molecular formula is C14H21N6O2+. The van der Waals surface area contributed by atoms with E-state index in [1.54, 1.807) is 28.9 Å². The lowest BCUT2D eigenvalue weighted by atomic mass is 10.3. The number of rotatable bonds is 5. The van der Waals surface area contributed by atoms with E-state index in [0.717, 1.165) is 37.2 Å². The van der Waals surface area contributed by atoms with Gasteiger partial charge < -0.3 is 15.1 Å².